The molecule has 16 heteroatoms. The van der Waals surface area contributed by atoms with Gasteiger partial charge >= 0.3 is 14.0 Å². The predicted molar refractivity (Wildman–Crippen MR) is 60.2 cm³/mol. The van der Waals surface area contributed by atoms with E-state index in [2.05, 4.69) is 9.05 Å². The summed E-state index contributed by atoms with van der Waals surface area (Å²) in [6.07, 6.45) is -16.8. The van der Waals surface area contributed by atoms with E-state index in [1.807, 2.05) is 0 Å². The summed E-state index contributed by atoms with van der Waals surface area (Å²) >= 11 is 0. The summed E-state index contributed by atoms with van der Waals surface area (Å²) in [5.74, 6) is 0. The van der Waals surface area contributed by atoms with Crippen LogP contribution in [0.3, 0.4) is 0 Å². The van der Waals surface area contributed by atoms with Crippen molar-refractivity contribution in [2.45, 2.75) is 43.6 Å². The Labute approximate surface area is 131 Å². The van der Waals surface area contributed by atoms with E-state index >= 15 is 0 Å². The molecule has 0 spiro atoms. The highest BCUT2D eigenvalue weighted by molar-refractivity contribution is 7.46. The lowest BCUT2D eigenvalue weighted by Crippen LogP contribution is -2.57. The first-order valence-corrected chi connectivity index (χ1v) is 8.94. The molecule has 2 unspecified atom stereocenters. The summed E-state index contributed by atoms with van der Waals surface area (Å²) < 4.78 is 104. The Bertz CT molecular complexity index is 489. The normalized spacial score (nSPS) is 17.8. The molecule has 2 N–H and O–H groups in total. The van der Waals surface area contributed by atoms with Gasteiger partial charge in [-0.25, -0.2) is 17.7 Å². The second-order valence-electron chi connectivity index (χ2n) is 4.43. The van der Waals surface area contributed by atoms with Crippen molar-refractivity contribution < 1.29 is 64.1 Å². The molecule has 0 fully saturated rings. The minimum absolute atomic E-state index is 0.468. The van der Waals surface area contributed by atoms with E-state index in [4.69, 9.17) is 9.79 Å². The second kappa shape index (κ2) is 8.45. The van der Waals surface area contributed by atoms with Gasteiger partial charge < -0.3 is 28.7 Å². The molecule has 24 heavy (non-hydrogen) atoms. The van der Waals surface area contributed by atoms with Crippen molar-refractivity contribution in [3.8, 4) is 0 Å². The quantitative estimate of drug-likeness (QED) is 0.308. The van der Waals surface area contributed by atoms with Crippen LogP contribution in [0.15, 0.2) is 0 Å². The third-order valence-electron chi connectivity index (χ3n) is 2.60. The van der Waals surface area contributed by atoms with E-state index in [0.29, 0.717) is 0 Å². The van der Waals surface area contributed by atoms with Crippen LogP contribution in [0.2, 0.25) is 0 Å². The van der Waals surface area contributed by atoms with Gasteiger partial charge in [0, 0.05) is 0 Å². The van der Waals surface area contributed by atoms with Gasteiger partial charge in [0.25, 0.3) is 12.1 Å². The van der Waals surface area contributed by atoms with Crippen LogP contribution in [-0.4, -0.2) is 40.8 Å². The molecule has 0 aromatic carbocycles. The molecule has 8 nitrogen and oxygen atoms in total. The largest absolute Gasteiger partial charge is 0.790 e. The van der Waals surface area contributed by atoms with Gasteiger partial charge in [0.1, 0.15) is 6.10 Å². The highest BCUT2D eigenvalue weighted by Gasteiger charge is 2.67. The first kappa shape index (κ1) is 23.8. The third kappa shape index (κ3) is 7.79. The fraction of sp³-hybridized carbons (Fsp3) is 1.00. The van der Waals surface area contributed by atoms with Crippen LogP contribution in [0.25, 0.3) is 0 Å². The number of rotatable bonds is 10. The first-order chi connectivity index (χ1) is 10.5. The highest BCUT2D eigenvalue weighted by Crippen LogP contribution is 2.47. The fourth-order valence-corrected chi connectivity index (χ4v) is 2.49. The number of hydrogen-bond donors (Lipinski definition) is 2. The number of unbranched alkanes of at least 4 members (excludes halogenated alkanes) is 1. The zero-order valence-corrected chi connectivity index (χ0v) is 13.3. The zero-order chi connectivity index (χ0) is 19.4. The van der Waals surface area contributed by atoms with Crippen molar-refractivity contribution in [2.24, 2.45) is 0 Å². The van der Waals surface area contributed by atoms with Crippen molar-refractivity contribution >= 4 is 15.6 Å². The van der Waals surface area contributed by atoms with E-state index in [1.165, 1.54) is 0 Å². The Morgan fingerprint density at radius 1 is 1.04 bits per heavy atom. The molecular weight excluding hydrogens is 400 g/mol. The van der Waals surface area contributed by atoms with E-state index in [0.717, 1.165) is 0 Å². The summed E-state index contributed by atoms with van der Waals surface area (Å²) in [7, 11) is -11.1. The molecule has 146 valence electrons. The molecule has 0 aliphatic rings. The van der Waals surface area contributed by atoms with E-state index in [9.17, 15) is 45.3 Å². The van der Waals surface area contributed by atoms with Crippen LogP contribution in [0.4, 0.5) is 26.3 Å². The van der Waals surface area contributed by atoms with Crippen molar-refractivity contribution in [3.05, 3.63) is 0 Å². The molecule has 0 bridgehead atoms. The number of phosphoric acid groups is 2. The van der Waals surface area contributed by atoms with Gasteiger partial charge in [-0.05, 0) is 19.3 Å². The summed E-state index contributed by atoms with van der Waals surface area (Å²) in [6.45, 7) is -0.747. The SMILES string of the molecule is O=P([O-])([O-])OC(CCCCOP(=O)(O)O)C(F)(C(F)F)C(F)(F)F. The molecule has 0 radical (unpaired) electrons. The van der Waals surface area contributed by atoms with Crippen molar-refractivity contribution in [2.75, 3.05) is 6.61 Å². The molecule has 0 aromatic rings. The van der Waals surface area contributed by atoms with Crippen LogP contribution < -0.4 is 9.79 Å². The number of halogens is 6. The van der Waals surface area contributed by atoms with Gasteiger partial charge in [-0.1, -0.05) is 0 Å². The average molecular weight is 412 g/mol. The average Bonchev–Trinajstić information content (AvgIpc) is 2.31. The van der Waals surface area contributed by atoms with Gasteiger partial charge in [0.05, 0.1) is 14.4 Å². The van der Waals surface area contributed by atoms with Crippen LogP contribution in [-0.2, 0) is 18.2 Å². The van der Waals surface area contributed by atoms with E-state index in [-0.39, 0.29) is 0 Å². The standard InChI is InChI=1S/C8H14F6O8P2/c9-6(10)7(11,8(12,13)14)5(22-24(18,19)20)3-1-2-4-21-23(15,16)17/h5-6H,1-4H2,(H2,15,16,17)(H2,18,19,20)/p-2. The maximum absolute atomic E-state index is 13.8. The summed E-state index contributed by atoms with van der Waals surface area (Å²) in [4.78, 5) is 37.5. The Morgan fingerprint density at radius 3 is 1.88 bits per heavy atom. The maximum Gasteiger partial charge on any atom is 0.469 e. The minimum Gasteiger partial charge on any atom is -0.790 e. The molecule has 0 saturated heterocycles. The lowest BCUT2D eigenvalue weighted by atomic mass is 9.94. The lowest BCUT2D eigenvalue weighted by Gasteiger charge is -2.40. The predicted octanol–water partition coefficient (Wildman–Crippen LogP) is 1.02. The Hall–Kier alpha value is -0.200. The van der Waals surface area contributed by atoms with Gasteiger partial charge in [-0.2, -0.15) is 13.2 Å². The number of phosphoric ester groups is 2. The smallest absolute Gasteiger partial charge is 0.469 e. The first-order valence-electron chi connectivity index (χ1n) is 5.95. The van der Waals surface area contributed by atoms with Crippen molar-refractivity contribution in [1.82, 2.24) is 0 Å². The van der Waals surface area contributed by atoms with E-state index < -0.39 is 65.9 Å². The number of alkyl halides is 6. The molecular formula is C8H12F6O8P2-2. The van der Waals surface area contributed by atoms with Gasteiger partial charge in [-0.3, -0.25) is 4.52 Å². The molecule has 0 aromatic heterocycles. The minimum atomic E-state index is -6.25. The van der Waals surface area contributed by atoms with Crippen LogP contribution in [0.5, 0.6) is 0 Å². The molecule has 0 rings (SSSR count). The van der Waals surface area contributed by atoms with Gasteiger partial charge in [0.15, 0.2) is 0 Å². The van der Waals surface area contributed by atoms with Crippen LogP contribution in [0, 0.1) is 0 Å². The molecule has 0 heterocycles. The van der Waals surface area contributed by atoms with Crippen LogP contribution >= 0.6 is 15.6 Å². The van der Waals surface area contributed by atoms with E-state index in [1.54, 1.807) is 0 Å². The molecule has 0 saturated carbocycles. The summed E-state index contributed by atoms with van der Waals surface area (Å²) in [6, 6.07) is 0. The fourth-order valence-electron chi connectivity index (χ4n) is 1.56. The molecule has 0 aliphatic carbocycles. The Balaban J connectivity index is 5.11. The Kier molecular flexibility index (Phi) is 8.38. The maximum atomic E-state index is 13.8. The van der Waals surface area contributed by atoms with Crippen molar-refractivity contribution in [1.29, 1.82) is 0 Å². The molecule has 2 atom stereocenters. The highest BCUT2D eigenvalue weighted by atomic mass is 31.2. The molecule has 0 amide bonds. The zero-order valence-electron chi connectivity index (χ0n) is 11.5. The van der Waals surface area contributed by atoms with Gasteiger partial charge in [0.2, 0.25) is 0 Å². The third-order valence-corrected chi connectivity index (χ3v) is 3.63. The summed E-state index contributed by atoms with van der Waals surface area (Å²) in [5.41, 5.74) is -5.43. The van der Waals surface area contributed by atoms with Crippen LogP contribution in [0.1, 0.15) is 19.3 Å². The summed E-state index contributed by atoms with van der Waals surface area (Å²) in [5, 5.41) is 0. The topological polar surface area (TPSA) is 139 Å². The monoisotopic (exact) mass is 412 g/mol. The second-order valence-corrected chi connectivity index (χ2v) is 6.77. The van der Waals surface area contributed by atoms with Gasteiger partial charge in [-0.15, -0.1) is 0 Å². The number of hydrogen-bond acceptors (Lipinski definition) is 6. The molecule has 0 aliphatic heterocycles. The lowest BCUT2D eigenvalue weighted by molar-refractivity contribution is -0.358. The van der Waals surface area contributed by atoms with Crippen molar-refractivity contribution in [3.63, 3.8) is 0 Å². The Morgan fingerprint density at radius 2 is 1.54 bits per heavy atom.